The molecule has 4 rings (SSSR count). The Bertz CT molecular complexity index is 1400. The average molecular weight is 565 g/mol. The SMILES string of the molecule is CCc1nc2c(F)ccc(OC(C)C(=O)OC)c2c(OC(F)F)c1Cc1ccc(C(=O)N2CCCC2)cc1Cl. The molecule has 1 saturated heterocycles. The monoisotopic (exact) mass is 564 g/mol. The van der Waals surface area contributed by atoms with Gasteiger partial charge in [0.15, 0.2) is 6.10 Å². The van der Waals surface area contributed by atoms with Crippen molar-refractivity contribution in [3.05, 3.63) is 63.6 Å². The van der Waals surface area contributed by atoms with Crippen LogP contribution in [0.1, 0.15) is 53.9 Å². The van der Waals surface area contributed by atoms with Crippen molar-refractivity contribution in [2.45, 2.75) is 52.2 Å². The van der Waals surface area contributed by atoms with Crippen molar-refractivity contribution in [3.8, 4) is 11.5 Å². The van der Waals surface area contributed by atoms with E-state index in [2.05, 4.69) is 9.72 Å². The molecule has 1 fully saturated rings. The average Bonchev–Trinajstić information content (AvgIpc) is 3.46. The minimum absolute atomic E-state index is 0.00763. The Morgan fingerprint density at radius 3 is 2.46 bits per heavy atom. The molecule has 0 spiro atoms. The minimum atomic E-state index is -3.25. The van der Waals surface area contributed by atoms with Crippen molar-refractivity contribution in [2.75, 3.05) is 20.2 Å². The molecule has 0 aliphatic carbocycles. The van der Waals surface area contributed by atoms with Crippen molar-refractivity contribution in [3.63, 3.8) is 0 Å². The quantitative estimate of drug-likeness (QED) is 0.299. The molecule has 2 heterocycles. The van der Waals surface area contributed by atoms with E-state index in [1.807, 2.05) is 0 Å². The number of halogens is 4. The minimum Gasteiger partial charge on any atom is -0.478 e. The first kappa shape index (κ1) is 28.5. The smallest absolute Gasteiger partial charge is 0.387 e. The highest BCUT2D eigenvalue weighted by atomic mass is 35.5. The fraction of sp³-hybridized carbons (Fsp3) is 0.393. The molecule has 1 atom stereocenters. The first-order valence-electron chi connectivity index (χ1n) is 12.6. The number of hydrogen-bond donors (Lipinski definition) is 0. The van der Waals surface area contributed by atoms with Crippen molar-refractivity contribution < 1.29 is 37.0 Å². The van der Waals surface area contributed by atoms with Gasteiger partial charge in [-0.2, -0.15) is 8.78 Å². The van der Waals surface area contributed by atoms with E-state index in [9.17, 15) is 22.8 Å². The van der Waals surface area contributed by atoms with E-state index in [1.165, 1.54) is 20.1 Å². The first-order chi connectivity index (χ1) is 18.6. The number of rotatable bonds is 9. The van der Waals surface area contributed by atoms with E-state index >= 15 is 0 Å². The van der Waals surface area contributed by atoms with Crippen LogP contribution in [0, 0.1) is 5.82 Å². The lowest BCUT2D eigenvalue weighted by atomic mass is 9.97. The molecule has 7 nitrogen and oxygen atoms in total. The molecule has 1 aliphatic rings. The molecule has 0 bridgehead atoms. The molecular weight excluding hydrogens is 537 g/mol. The Labute approximate surface area is 228 Å². The number of ether oxygens (including phenoxy) is 3. The number of alkyl halides is 2. The van der Waals surface area contributed by atoms with E-state index in [0.29, 0.717) is 29.9 Å². The molecular formula is C28H28ClF3N2O5. The highest BCUT2D eigenvalue weighted by molar-refractivity contribution is 6.31. The van der Waals surface area contributed by atoms with Crippen LogP contribution in [-0.2, 0) is 22.4 Å². The summed E-state index contributed by atoms with van der Waals surface area (Å²) in [6.45, 7) is 1.29. The molecule has 11 heteroatoms. The van der Waals surface area contributed by atoms with Gasteiger partial charge in [-0.25, -0.2) is 14.2 Å². The number of likely N-dealkylation sites (tertiary alicyclic amines) is 1. The number of carbonyl (C=O) groups is 2. The maximum Gasteiger partial charge on any atom is 0.387 e. The highest BCUT2D eigenvalue weighted by Crippen LogP contribution is 2.41. The van der Waals surface area contributed by atoms with E-state index in [-0.39, 0.29) is 51.7 Å². The van der Waals surface area contributed by atoms with Crippen LogP contribution in [0.15, 0.2) is 30.3 Å². The fourth-order valence-electron chi connectivity index (χ4n) is 4.67. The Morgan fingerprint density at radius 1 is 1.13 bits per heavy atom. The standard InChI is InChI=1S/C28H28ClF3N2O5/c1-4-21-18(13-16-7-8-17(14-19(16)29)26(35)34-11-5-6-12-34)25(39-28(31)32)23-22(38-15(2)27(36)37-3)10-9-20(30)24(23)33-21/h7-10,14-15,28H,4-6,11-13H2,1-3H3. The third kappa shape index (κ3) is 6.06. The molecule has 0 N–H and O–H groups in total. The lowest BCUT2D eigenvalue weighted by Crippen LogP contribution is -2.27. The van der Waals surface area contributed by atoms with Gasteiger partial charge in [0.2, 0.25) is 0 Å². The van der Waals surface area contributed by atoms with Crippen LogP contribution < -0.4 is 9.47 Å². The van der Waals surface area contributed by atoms with Crippen LogP contribution in [0.5, 0.6) is 11.5 Å². The molecule has 1 aliphatic heterocycles. The summed E-state index contributed by atoms with van der Waals surface area (Å²) in [6, 6.07) is 7.15. The molecule has 1 unspecified atom stereocenters. The number of fused-ring (bicyclic) bond motifs is 1. The maximum absolute atomic E-state index is 14.9. The van der Waals surface area contributed by atoms with E-state index in [4.69, 9.17) is 21.1 Å². The number of benzene rings is 2. The van der Waals surface area contributed by atoms with E-state index in [1.54, 1.807) is 30.0 Å². The van der Waals surface area contributed by atoms with Crippen LogP contribution in [0.4, 0.5) is 13.2 Å². The summed E-state index contributed by atoms with van der Waals surface area (Å²) in [5.74, 6) is -2.01. The van der Waals surface area contributed by atoms with Crippen molar-refractivity contribution in [1.82, 2.24) is 9.88 Å². The number of aryl methyl sites for hydroxylation is 1. The van der Waals surface area contributed by atoms with Gasteiger partial charge in [0.05, 0.1) is 12.5 Å². The molecule has 2 aromatic carbocycles. The van der Waals surface area contributed by atoms with Gasteiger partial charge in [0.25, 0.3) is 5.91 Å². The van der Waals surface area contributed by atoms with Gasteiger partial charge in [-0.05, 0) is 56.0 Å². The highest BCUT2D eigenvalue weighted by Gasteiger charge is 2.27. The summed E-state index contributed by atoms with van der Waals surface area (Å²) in [5.41, 5.74) is 1.30. The Balaban J connectivity index is 1.83. The van der Waals surface area contributed by atoms with Crippen LogP contribution >= 0.6 is 11.6 Å². The second-order valence-electron chi connectivity index (χ2n) is 9.13. The molecule has 0 radical (unpaired) electrons. The predicted octanol–water partition coefficient (Wildman–Crippen LogP) is 5.96. The maximum atomic E-state index is 14.9. The zero-order valence-corrected chi connectivity index (χ0v) is 22.5. The third-order valence-corrected chi connectivity index (χ3v) is 6.98. The summed E-state index contributed by atoms with van der Waals surface area (Å²) in [4.78, 5) is 30.9. The molecule has 208 valence electrons. The Kier molecular flexibility index (Phi) is 8.84. The lowest BCUT2D eigenvalue weighted by molar-refractivity contribution is -0.147. The number of esters is 1. The van der Waals surface area contributed by atoms with Gasteiger partial charge in [-0.15, -0.1) is 0 Å². The zero-order valence-electron chi connectivity index (χ0n) is 21.7. The van der Waals surface area contributed by atoms with E-state index < -0.39 is 24.5 Å². The van der Waals surface area contributed by atoms with Crippen LogP contribution in [0.3, 0.4) is 0 Å². The van der Waals surface area contributed by atoms with Crippen molar-refractivity contribution >= 4 is 34.4 Å². The first-order valence-corrected chi connectivity index (χ1v) is 12.9. The van der Waals surface area contributed by atoms with Crippen LogP contribution in [0.25, 0.3) is 10.9 Å². The molecule has 39 heavy (non-hydrogen) atoms. The van der Waals surface area contributed by atoms with Crippen molar-refractivity contribution in [1.29, 1.82) is 0 Å². The Hall–Kier alpha value is -3.53. The van der Waals surface area contributed by atoms with E-state index in [0.717, 1.165) is 18.9 Å². The van der Waals surface area contributed by atoms with Gasteiger partial charge in [0.1, 0.15) is 22.8 Å². The molecule has 3 aromatic rings. The van der Waals surface area contributed by atoms with Crippen LogP contribution in [0.2, 0.25) is 5.02 Å². The predicted molar refractivity (Wildman–Crippen MR) is 139 cm³/mol. The van der Waals surface area contributed by atoms with Gasteiger partial charge >= 0.3 is 12.6 Å². The lowest BCUT2D eigenvalue weighted by Gasteiger charge is -2.21. The van der Waals surface area contributed by atoms with Gasteiger partial charge in [-0.3, -0.25) is 4.79 Å². The van der Waals surface area contributed by atoms with Crippen molar-refractivity contribution in [2.24, 2.45) is 0 Å². The van der Waals surface area contributed by atoms with Gasteiger partial charge < -0.3 is 19.1 Å². The number of aromatic nitrogens is 1. The number of carbonyl (C=O) groups excluding carboxylic acids is 2. The summed E-state index contributed by atoms with van der Waals surface area (Å²) in [7, 11) is 1.18. The number of pyridine rings is 1. The molecule has 0 saturated carbocycles. The topological polar surface area (TPSA) is 78.0 Å². The normalized spacial score (nSPS) is 14.1. The van der Waals surface area contributed by atoms with Gasteiger partial charge in [0, 0.05) is 41.4 Å². The fourth-order valence-corrected chi connectivity index (χ4v) is 4.92. The van der Waals surface area contributed by atoms with Crippen LogP contribution in [-0.4, -0.2) is 54.7 Å². The largest absolute Gasteiger partial charge is 0.478 e. The Morgan fingerprint density at radius 2 is 1.85 bits per heavy atom. The summed E-state index contributed by atoms with van der Waals surface area (Å²) in [6.07, 6.45) is 1.06. The third-order valence-electron chi connectivity index (χ3n) is 6.63. The second-order valence-corrected chi connectivity index (χ2v) is 9.54. The van der Waals surface area contributed by atoms with Gasteiger partial charge in [-0.1, -0.05) is 24.6 Å². The second kappa shape index (κ2) is 12.1. The molecule has 1 amide bonds. The number of hydrogen-bond acceptors (Lipinski definition) is 6. The zero-order chi connectivity index (χ0) is 28.3. The molecule has 1 aromatic heterocycles. The summed E-state index contributed by atoms with van der Waals surface area (Å²) >= 11 is 6.56. The summed E-state index contributed by atoms with van der Waals surface area (Å²) in [5, 5.41) is 0.121. The number of methoxy groups -OCH3 is 1. The number of nitrogens with zero attached hydrogens (tertiary/aromatic N) is 2. The summed E-state index contributed by atoms with van der Waals surface area (Å²) < 4.78 is 57.7. The number of amides is 1.